The van der Waals surface area contributed by atoms with Crippen LogP contribution in [0.4, 0.5) is 13.2 Å². The third-order valence-electron chi connectivity index (χ3n) is 4.74. The van der Waals surface area contributed by atoms with Crippen molar-refractivity contribution in [1.82, 2.24) is 19.6 Å². The number of nitrogens with two attached hydrogens (primary N) is 1. The van der Waals surface area contributed by atoms with Crippen molar-refractivity contribution in [2.24, 2.45) is 5.73 Å². The standard InChI is InChI=1S/C20H14F3N5O/c1-9-13(6-11(18(24)29)7-14(9)21)16-15(22)8-28-19(26-27-20(28)17(16)23)12-4-3-5-25-10(12)2/h3-8H,1-2H3,(H2,24,29). The van der Waals surface area contributed by atoms with Gasteiger partial charge in [-0.2, -0.15) is 0 Å². The number of hydrogen-bond acceptors (Lipinski definition) is 4. The van der Waals surface area contributed by atoms with Crippen LogP contribution >= 0.6 is 0 Å². The molecule has 4 aromatic rings. The van der Waals surface area contributed by atoms with Gasteiger partial charge >= 0.3 is 0 Å². The number of pyridine rings is 2. The van der Waals surface area contributed by atoms with E-state index >= 15 is 8.78 Å². The molecule has 0 atom stereocenters. The number of aryl methyl sites for hydroxylation is 1. The van der Waals surface area contributed by atoms with Gasteiger partial charge in [-0.1, -0.05) is 0 Å². The number of carbonyl (C=O) groups excluding carboxylic acids is 1. The van der Waals surface area contributed by atoms with E-state index in [9.17, 15) is 9.18 Å². The first-order chi connectivity index (χ1) is 13.8. The molecule has 1 amide bonds. The fourth-order valence-corrected chi connectivity index (χ4v) is 3.19. The van der Waals surface area contributed by atoms with E-state index in [-0.39, 0.29) is 28.2 Å². The molecule has 0 fully saturated rings. The molecule has 0 saturated heterocycles. The first-order valence-corrected chi connectivity index (χ1v) is 8.54. The molecule has 0 saturated carbocycles. The Hall–Kier alpha value is -3.75. The number of halogens is 3. The Labute approximate surface area is 162 Å². The van der Waals surface area contributed by atoms with Crippen LogP contribution in [-0.2, 0) is 0 Å². The van der Waals surface area contributed by atoms with Crippen LogP contribution in [-0.4, -0.2) is 25.5 Å². The minimum Gasteiger partial charge on any atom is -0.366 e. The average molecular weight is 397 g/mol. The van der Waals surface area contributed by atoms with E-state index in [1.807, 2.05) is 0 Å². The van der Waals surface area contributed by atoms with Crippen molar-refractivity contribution in [3.8, 4) is 22.5 Å². The van der Waals surface area contributed by atoms with Crippen molar-refractivity contribution >= 4 is 11.6 Å². The topological polar surface area (TPSA) is 86.2 Å². The van der Waals surface area contributed by atoms with E-state index in [4.69, 9.17) is 5.73 Å². The zero-order valence-electron chi connectivity index (χ0n) is 15.4. The first-order valence-electron chi connectivity index (χ1n) is 8.54. The van der Waals surface area contributed by atoms with E-state index < -0.39 is 28.9 Å². The minimum absolute atomic E-state index is 0.0278. The Morgan fingerprint density at radius 1 is 1.07 bits per heavy atom. The van der Waals surface area contributed by atoms with Crippen molar-refractivity contribution in [2.75, 3.05) is 0 Å². The highest BCUT2D eigenvalue weighted by molar-refractivity contribution is 5.94. The molecule has 9 heteroatoms. The van der Waals surface area contributed by atoms with Crippen molar-refractivity contribution < 1.29 is 18.0 Å². The lowest BCUT2D eigenvalue weighted by atomic mass is 9.97. The fourth-order valence-electron chi connectivity index (χ4n) is 3.19. The smallest absolute Gasteiger partial charge is 0.248 e. The van der Waals surface area contributed by atoms with Gasteiger partial charge in [-0.05, 0) is 49.2 Å². The lowest BCUT2D eigenvalue weighted by molar-refractivity contribution is 0.1000. The summed E-state index contributed by atoms with van der Waals surface area (Å²) in [7, 11) is 0. The molecule has 0 radical (unpaired) electrons. The molecular formula is C20H14F3N5O. The highest BCUT2D eigenvalue weighted by Crippen LogP contribution is 2.34. The Balaban J connectivity index is 2.00. The predicted octanol–water partition coefficient (Wildman–Crippen LogP) is 3.59. The largest absolute Gasteiger partial charge is 0.366 e. The molecule has 0 spiro atoms. The highest BCUT2D eigenvalue weighted by atomic mass is 19.1. The number of nitrogens with zero attached hydrogens (tertiary/aromatic N) is 4. The zero-order chi connectivity index (χ0) is 20.9. The van der Waals surface area contributed by atoms with Gasteiger partial charge in [0.25, 0.3) is 0 Å². The summed E-state index contributed by atoms with van der Waals surface area (Å²) in [5.74, 6) is -3.51. The fraction of sp³-hybridized carbons (Fsp3) is 0.100. The zero-order valence-corrected chi connectivity index (χ0v) is 15.4. The number of primary amides is 1. The lowest BCUT2D eigenvalue weighted by Crippen LogP contribution is -2.12. The van der Waals surface area contributed by atoms with Gasteiger partial charge in [-0.15, -0.1) is 10.2 Å². The SMILES string of the molecule is Cc1ncccc1-c1nnc2c(F)c(-c3cc(C(N)=O)cc(F)c3C)c(F)cn12. The first kappa shape index (κ1) is 18.6. The van der Waals surface area contributed by atoms with Crippen LogP contribution in [0.1, 0.15) is 21.6 Å². The molecule has 6 nitrogen and oxygen atoms in total. The number of amides is 1. The van der Waals surface area contributed by atoms with Crippen LogP contribution in [0.3, 0.4) is 0 Å². The normalized spacial score (nSPS) is 11.2. The molecule has 1 aromatic carbocycles. The minimum atomic E-state index is -1.03. The molecular weight excluding hydrogens is 383 g/mol. The average Bonchev–Trinajstić information content (AvgIpc) is 3.09. The Kier molecular flexibility index (Phi) is 4.30. The number of fused-ring (bicyclic) bond motifs is 1. The summed E-state index contributed by atoms with van der Waals surface area (Å²) in [6.45, 7) is 3.09. The molecule has 29 heavy (non-hydrogen) atoms. The number of carbonyl (C=O) groups is 1. The summed E-state index contributed by atoms with van der Waals surface area (Å²) in [5, 5.41) is 7.80. The Morgan fingerprint density at radius 3 is 2.52 bits per heavy atom. The maximum atomic E-state index is 15.3. The van der Waals surface area contributed by atoms with Gasteiger partial charge in [0, 0.05) is 29.2 Å². The molecule has 3 heterocycles. The van der Waals surface area contributed by atoms with Gasteiger partial charge in [0.2, 0.25) is 5.91 Å². The molecule has 0 aliphatic heterocycles. The summed E-state index contributed by atoms with van der Waals surface area (Å²) in [6, 6.07) is 5.46. The molecule has 146 valence electrons. The monoisotopic (exact) mass is 397 g/mol. The summed E-state index contributed by atoms with van der Waals surface area (Å²) in [4.78, 5) is 15.6. The Bertz CT molecular complexity index is 1300. The van der Waals surface area contributed by atoms with Gasteiger partial charge in [0.05, 0.1) is 5.56 Å². The molecule has 0 bridgehead atoms. The molecule has 3 aromatic heterocycles. The predicted molar refractivity (Wildman–Crippen MR) is 99.5 cm³/mol. The van der Waals surface area contributed by atoms with Crippen molar-refractivity contribution in [3.05, 3.63) is 70.9 Å². The Morgan fingerprint density at radius 2 is 1.83 bits per heavy atom. The third-order valence-corrected chi connectivity index (χ3v) is 4.74. The number of aromatic nitrogens is 4. The van der Waals surface area contributed by atoms with Crippen LogP contribution in [0.5, 0.6) is 0 Å². The van der Waals surface area contributed by atoms with Crippen molar-refractivity contribution in [1.29, 1.82) is 0 Å². The van der Waals surface area contributed by atoms with Gasteiger partial charge < -0.3 is 5.73 Å². The molecule has 0 aliphatic rings. The van der Waals surface area contributed by atoms with E-state index in [0.717, 1.165) is 18.3 Å². The van der Waals surface area contributed by atoms with Gasteiger partial charge in [0.1, 0.15) is 5.82 Å². The maximum Gasteiger partial charge on any atom is 0.248 e. The molecule has 0 aliphatic carbocycles. The summed E-state index contributed by atoms with van der Waals surface area (Å²) < 4.78 is 45.7. The second kappa shape index (κ2) is 6.69. The summed E-state index contributed by atoms with van der Waals surface area (Å²) >= 11 is 0. The third kappa shape index (κ3) is 2.91. The molecule has 4 rings (SSSR count). The van der Waals surface area contributed by atoms with E-state index in [2.05, 4.69) is 15.2 Å². The summed E-state index contributed by atoms with van der Waals surface area (Å²) in [6.07, 6.45) is 2.61. The van der Waals surface area contributed by atoms with E-state index in [0.29, 0.717) is 11.3 Å². The van der Waals surface area contributed by atoms with Crippen molar-refractivity contribution in [3.63, 3.8) is 0 Å². The lowest BCUT2D eigenvalue weighted by Gasteiger charge is -2.12. The maximum absolute atomic E-state index is 15.3. The van der Waals surface area contributed by atoms with Crippen LogP contribution in [0.2, 0.25) is 0 Å². The van der Waals surface area contributed by atoms with Crippen LogP contribution in [0, 0.1) is 31.3 Å². The number of rotatable bonds is 3. The number of hydrogen-bond donors (Lipinski definition) is 1. The number of benzene rings is 1. The highest BCUT2D eigenvalue weighted by Gasteiger charge is 2.24. The van der Waals surface area contributed by atoms with Crippen LogP contribution in [0.25, 0.3) is 28.2 Å². The van der Waals surface area contributed by atoms with Gasteiger partial charge in [-0.25, -0.2) is 13.2 Å². The van der Waals surface area contributed by atoms with Crippen LogP contribution < -0.4 is 5.73 Å². The van der Waals surface area contributed by atoms with E-state index in [1.165, 1.54) is 11.3 Å². The van der Waals surface area contributed by atoms with Gasteiger partial charge in [0.15, 0.2) is 23.1 Å². The van der Waals surface area contributed by atoms with E-state index in [1.54, 1.807) is 25.3 Å². The molecule has 2 N–H and O–H groups in total. The van der Waals surface area contributed by atoms with Crippen LogP contribution in [0.15, 0.2) is 36.7 Å². The second-order valence-corrected chi connectivity index (χ2v) is 6.51. The quantitative estimate of drug-likeness (QED) is 0.572. The summed E-state index contributed by atoms with van der Waals surface area (Å²) in [5.41, 5.74) is 5.26. The van der Waals surface area contributed by atoms with Crippen molar-refractivity contribution in [2.45, 2.75) is 13.8 Å². The molecule has 0 unspecified atom stereocenters. The van der Waals surface area contributed by atoms with Gasteiger partial charge in [-0.3, -0.25) is 14.2 Å². The second-order valence-electron chi connectivity index (χ2n) is 6.51.